The molecule has 0 aliphatic heterocycles. The van der Waals surface area contributed by atoms with Crippen LogP contribution in [0.15, 0.2) is 17.5 Å². The molecule has 1 saturated carbocycles. The van der Waals surface area contributed by atoms with Gasteiger partial charge in [-0.05, 0) is 30.5 Å². The van der Waals surface area contributed by atoms with Crippen molar-refractivity contribution in [3.05, 3.63) is 22.4 Å². The zero-order chi connectivity index (χ0) is 13.5. The van der Waals surface area contributed by atoms with E-state index >= 15 is 0 Å². The summed E-state index contributed by atoms with van der Waals surface area (Å²) in [5, 5.41) is 16.1. The van der Waals surface area contributed by atoms with Gasteiger partial charge < -0.3 is 15.2 Å². The molecule has 3 atom stereocenters. The number of aliphatic hydroxyl groups is 1. The monoisotopic (exact) mass is 301 g/mol. The quantitative estimate of drug-likeness (QED) is 0.774. The topological polar surface area (TPSA) is 41.5 Å². The van der Waals surface area contributed by atoms with Gasteiger partial charge in [0.25, 0.3) is 0 Å². The third-order valence-electron chi connectivity index (χ3n) is 3.51. The van der Waals surface area contributed by atoms with Crippen LogP contribution in [0.2, 0.25) is 0 Å². The van der Waals surface area contributed by atoms with E-state index in [0.29, 0.717) is 31.1 Å². The van der Waals surface area contributed by atoms with Crippen LogP contribution in [0, 0.1) is 0 Å². The molecular weight excluding hydrogens is 278 g/mol. The third-order valence-corrected chi connectivity index (χ3v) is 5.53. The van der Waals surface area contributed by atoms with Gasteiger partial charge in [-0.2, -0.15) is 11.8 Å². The molecule has 1 heterocycles. The Labute approximate surface area is 123 Å². The number of thioether (sulfide) groups is 1. The van der Waals surface area contributed by atoms with Gasteiger partial charge in [0.2, 0.25) is 0 Å². The number of ether oxygens (including phenoxy) is 1. The van der Waals surface area contributed by atoms with Crippen LogP contribution in [0.3, 0.4) is 0 Å². The van der Waals surface area contributed by atoms with Gasteiger partial charge in [-0.3, -0.25) is 0 Å². The SMILES string of the molecule is CSC1CCCC1NCC(O)COCc1cccs1. The predicted molar refractivity (Wildman–Crippen MR) is 82.9 cm³/mol. The first kappa shape index (κ1) is 15.3. The Morgan fingerprint density at radius 1 is 1.58 bits per heavy atom. The lowest BCUT2D eigenvalue weighted by Crippen LogP contribution is -2.40. The molecule has 1 aromatic rings. The highest BCUT2D eigenvalue weighted by Crippen LogP contribution is 2.28. The fraction of sp³-hybridized carbons (Fsp3) is 0.714. The molecule has 19 heavy (non-hydrogen) atoms. The van der Waals surface area contributed by atoms with E-state index in [2.05, 4.69) is 17.6 Å². The second-order valence-corrected chi connectivity index (χ2v) is 7.08. The summed E-state index contributed by atoms with van der Waals surface area (Å²) in [5.74, 6) is 0. The molecule has 1 aromatic heterocycles. The van der Waals surface area contributed by atoms with Crippen molar-refractivity contribution in [1.29, 1.82) is 0 Å². The lowest BCUT2D eigenvalue weighted by Gasteiger charge is -2.21. The highest BCUT2D eigenvalue weighted by Gasteiger charge is 2.26. The number of hydrogen-bond donors (Lipinski definition) is 2. The molecule has 108 valence electrons. The van der Waals surface area contributed by atoms with Gasteiger partial charge in [-0.15, -0.1) is 11.3 Å². The van der Waals surface area contributed by atoms with Gasteiger partial charge in [0, 0.05) is 22.7 Å². The van der Waals surface area contributed by atoms with Crippen LogP contribution in [0.1, 0.15) is 24.1 Å². The fourth-order valence-electron chi connectivity index (χ4n) is 2.48. The van der Waals surface area contributed by atoms with Crippen molar-refractivity contribution in [2.75, 3.05) is 19.4 Å². The molecule has 1 aliphatic rings. The molecule has 0 bridgehead atoms. The first-order valence-corrected chi connectivity index (χ1v) is 9.00. The Morgan fingerprint density at radius 2 is 2.47 bits per heavy atom. The maximum absolute atomic E-state index is 9.91. The van der Waals surface area contributed by atoms with Crippen LogP contribution in [0.4, 0.5) is 0 Å². The van der Waals surface area contributed by atoms with E-state index in [1.807, 2.05) is 23.2 Å². The number of thiophene rings is 1. The summed E-state index contributed by atoms with van der Waals surface area (Å²) >= 11 is 3.62. The van der Waals surface area contributed by atoms with Crippen molar-refractivity contribution in [1.82, 2.24) is 5.32 Å². The Hall–Kier alpha value is -0.0700. The summed E-state index contributed by atoms with van der Waals surface area (Å²) in [6, 6.07) is 4.63. The van der Waals surface area contributed by atoms with E-state index in [4.69, 9.17) is 4.74 Å². The van der Waals surface area contributed by atoms with Crippen molar-refractivity contribution in [2.45, 2.75) is 43.3 Å². The van der Waals surface area contributed by atoms with Crippen LogP contribution < -0.4 is 5.32 Å². The van der Waals surface area contributed by atoms with Crippen molar-refractivity contribution in [3.63, 3.8) is 0 Å². The number of aliphatic hydroxyl groups excluding tert-OH is 1. The molecule has 0 radical (unpaired) electrons. The van der Waals surface area contributed by atoms with Gasteiger partial charge in [-0.1, -0.05) is 12.5 Å². The summed E-state index contributed by atoms with van der Waals surface area (Å²) in [5.41, 5.74) is 0. The molecule has 2 N–H and O–H groups in total. The first-order chi connectivity index (χ1) is 9.29. The molecule has 0 spiro atoms. The fourth-order valence-corrected chi connectivity index (χ4v) is 4.08. The van der Waals surface area contributed by atoms with E-state index in [1.165, 1.54) is 24.1 Å². The van der Waals surface area contributed by atoms with Gasteiger partial charge in [0.1, 0.15) is 0 Å². The van der Waals surface area contributed by atoms with Crippen LogP contribution in [0.5, 0.6) is 0 Å². The third kappa shape index (κ3) is 5.08. The number of hydrogen-bond acceptors (Lipinski definition) is 5. The Kier molecular flexibility index (Phi) is 6.67. The van der Waals surface area contributed by atoms with Crippen LogP contribution >= 0.6 is 23.1 Å². The highest BCUT2D eigenvalue weighted by molar-refractivity contribution is 7.99. The highest BCUT2D eigenvalue weighted by atomic mass is 32.2. The summed E-state index contributed by atoms with van der Waals surface area (Å²) in [6.45, 7) is 1.64. The predicted octanol–water partition coefficient (Wildman–Crippen LogP) is 2.50. The summed E-state index contributed by atoms with van der Waals surface area (Å²) < 4.78 is 5.52. The van der Waals surface area contributed by atoms with Crippen LogP contribution in [-0.4, -0.2) is 41.9 Å². The average Bonchev–Trinajstić information content (AvgIpc) is 3.07. The molecule has 1 fully saturated rings. The van der Waals surface area contributed by atoms with Crippen LogP contribution in [0.25, 0.3) is 0 Å². The van der Waals surface area contributed by atoms with E-state index < -0.39 is 6.10 Å². The van der Waals surface area contributed by atoms with Crippen molar-refractivity contribution in [3.8, 4) is 0 Å². The van der Waals surface area contributed by atoms with Gasteiger partial charge in [0.15, 0.2) is 0 Å². The van der Waals surface area contributed by atoms with Crippen molar-refractivity contribution >= 4 is 23.1 Å². The minimum absolute atomic E-state index is 0.404. The molecule has 3 nitrogen and oxygen atoms in total. The van der Waals surface area contributed by atoms with Gasteiger partial charge in [-0.25, -0.2) is 0 Å². The zero-order valence-electron chi connectivity index (χ0n) is 11.4. The standard InChI is InChI=1S/C14H23NO2S2/c1-18-14-6-2-5-13(14)15-8-11(16)9-17-10-12-4-3-7-19-12/h3-4,7,11,13-16H,2,5-6,8-10H2,1H3. The molecule has 1 aliphatic carbocycles. The van der Waals surface area contributed by atoms with E-state index in [9.17, 15) is 5.11 Å². The second-order valence-electron chi connectivity index (χ2n) is 4.97. The summed E-state index contributed by atoms with van der Waals surface area (Å²) in [4.78, 5) is 1.21. The molecular formula is C14H23NO2S2. The maximum Gasteiger partial charge on any atom is 0.0897 e. The molecule has 3 unspecified atom stereocenters. The van der Waals surface area contributed by atoms with E-state index in [0.717, 1.165) is 0 Å². The van der Waals surface area contributed by atoms with E-state index in [1.54, 1.807) is 11.3 Å². The molecule has 0 aromatic carbocycles. The molecule has 0 amide bonds. The zero-order valence-corrected chi connectivity index (χ0v) is 13.0. The van der Waals surface area contributed by atoms with Gasteiger partial charge in [0.05, 0.1) is 19.3 Å². The van der Waals surface area contributed by atoms with Gasteiger partial charge >= 0.3 is 0 Å². The Bertz CT molecular complexity index is 345. The molecule has 2 rings (SSSR count). The lowest BCUT2D eigenvalue weighted by atomic mass is 10.2. The molecule has 0 saturated heterocycles. The normalized spacial score (nSPS) is 24.7. The summed E-state index contributed by atoms with van der Waals surface area (Å²) in [7, 11) is 0. The minimum atomic E-state index is -0.414. The van der Waals surface area contributed by atoms with Crippen molar-refractivity contribution < 1.29 is 9.84 Å². The van der Waals surface area contributed by atoms with Crippen molar-refractivity contribution in [2.24, 2.45) is 0 Å². The lowest BCUT2D eigenvalue weighted by molar-refractivity contribution is 0.0287. The summed E-state index contributed by atoms with van der Waals surface area (Å²) in [6.07, 6.45) is 5.58. The smallest absolute Gasteiger partial charge is 0.0897 e. The maximum atomic E-state index is 9.91. The second kappa shape index (κ2) is 8.27. The Morgan fingerprint density at radius 3 is 3.21 bits per heavy atom. The number of nitrogens with one attached hydrogen (secondary N) is 1. The largest absolute Gasteiger partial charge is 0.389 e. The number of rotatable bonds is 8. The molecule has 5 heteroatoms. The minimum Gasteiger partial charge on any atom is -0.389 e. The van der Waals surface area contributed by atoms with Crippen LogP contribution in [-0.2, 0) is 11.3 Å². The average molecular weight is 301 g/mol. The Balaban J connectivity index is 1.58. The first-order valence-electron chi connectivity index (χ1n) is 6.84. The van der Waals surface area contributed by atoms with E-state index in [-0.39, 0.29) is 0 Å².